The second-order valence-corrected chi connectivity index (χ2v) is 8.00. The molecule has 0 spiro atoms. The van der Waals surface area contributed by atoms with Crippen LogP contribution in [0, 0.1) is 23.7 Å². The first-order valence-corrected chi connectivity index (χ1v) is 9.53. The lowest BCUT2D eigenvalue weighted by molar-refractivity contribution is -0.116. The molecule has 0 radical (unpaired) electrons. The first kappa shape index (κ1) is 16.6. The molecular formula is C19H26N4O2. The zero-order valence-corrected chi connectivity index (χ0v) is 14.6. The Morgan fingerprint density at radius 2 is 2.16 bits per heavy atom. The molecule has 3 saturated carbocycles. The van der Waals surface area contributed by atoms with Crippen molar-refractivity contribution in [2.75, 3.05) is 0 Å². The Balaban J connectivity index is 1.31. The number of carbonyl (C=O) groups excluding carboxylic acids is 1. The molecule has 6 nitrogen and oxygen atoms in total. The van der Waals surface area contributed by atoms with E-state index in [4.69, 9.17) is 0 Å². The van der Waals surface area contributed by atoms with Crippen LogP contribution >= 0.6 is 0 Å². The van der Waals surface area contributed by atoms with Gasteiger partial charge >= 0.3 is 0 Å². The summed E-state index contributed by atoms with van der Waals surface area (Å²) in [6.07, 6.45) is 10.8. The summed E-state index contributed by atoms with van der Waals surface area (Å²) in [6.45, 7) is 0.756. The van der Waals surface area contributed by atoms with Gasteiger partial charge in [-0.15, -0.1) is 5.10 Å². The number of rotatable bonds is 5. The number of aromatic nitrogens is 3. The molecule has 4 rings (SSSR count). The second-order valence-electron chi connectivity index (χ2n) is 8.00. The first-order chi connectivity index (χ1) is 12.1. The van der Waals surface area contributed by atoms with Crippen LogP contribution in [0.15, 0.2) is 6.20 Å². The summed E-state index contributed by atoms with van der Waals surface area (Å²) in [6, 6.07) is 0.171. The maximum Gasteiger partial charge on any atom is 0.296 e. The van der Waals surface area contributed by atoms with Crippen LogP contribution < -0.4 is 5.32 Å². The molecule has 1 aromatic heterocycles. The molecule has 134 valence electrons. The van der Waals surface area contributed by atoms with E-state index >= 15 is 0 Å². The van der Waals surface area contributed by atoms with E-state index < -0.39 is 5.60 Å². The van der Waals surface area contributed by atoms with Crippen LogP contribution in [-0.2, 0) is 17.8 Å². The van der Waals surface area contributed by atoms with Gasteiger partial charge in [-0.05, 0) is 56.8 Å². The highest BCUT2D eigenvalue weighted by atomic mass is 16.3. The standard InChI is InChI=1S/C19H26N4O2/c24-18(8-7-14-5-6-14)20-17-4-1-3-15(17)12-23-13-16(21-22-23)11-19(25)9-2-10-19/h13-15,17,25H,1-6,9-12H2,(H,20,24)/t15-,17-/m0/s1. The molecule has 0 aromatic carbocycles. The molecule has 1 aromatic rings. The number of hydrogen-bond donors (Lipinski definition) is 2. The Kier molecular flexibility index (Phi) is 4.51. The molecule has 3 aliphatic rings. The maximum atomic E-state index is 12.0. The lowest BCUT2D eigenvalue weighted by atomic mass is 9.77. The predicted octanol–water partition coefficient (Wildman–Crippen LogP) is 1.43. The van der Waals surface area contributed by atoms with E-state index in [1.165, 1.54) is 0 Å². The van der Waals surface area contributed by atoms with E-state index in [0.29, 0.717) is 18.3 Å². The monoisotopic (exact) mass is 342 g/mol. The van der Waals surface area contributed by atoms with Crippen molar-refractivity contribution >= 4 is 5.91 Å². The molecule has 6 heteroatoms. The van der Waals surface area contributed by atoms with Gasteiger partial charge in [0, 0.05) is 31.1 Å². The number of carbonyl (C=O) groups is 1. The molecule has 0 aliphatic heterocycles. The summed E-state index contributed by atoms with van der Waals surface area (Å²) in [5.74, 6) is 6.43. The quantitative estimate of drug-likeness (QED) is 0.794. The summed E-state index contributed by atoms with van der Waals surface area (Å²) in [5, 5.41) is 21.8. The van der Waals surface area contributed by atoms with Gasteiger partial charge in [-0.1, -0.05) is 17.6 Å². The highest BCUT2D eigenvalue weighted by Gasteiger charge is 2.35. The van der Waals surface area contributed by atoms with E-state index in [1.807, 2.05) is 10.9 Å². The zero-order chi connectivity index (χ0) is 17.3. The fourth-order valence-electron chi connectivity index (χ4n) is 3.89. The zero-order valence-electron chi connectivity index (χ0n) is 14.6. The van der Waals surface area contributed by atoms with Crippen molar-refractivity contribution in [3.63, 3.8) is 0 Å². The van der Waals surface area contributed by atoms with Crippen molar-refractivity contribution in [1.82, 2.24) is 20.3 Å². The molecule has 3 fully saturated rings. The van der Waals surface area contributed by atoms with Gasteiger partial charge in [-0.2, -0.15) is 0 Å². The van der Waals surface area contributed by atoms with Crippen LogP contribution in [-0.4, -0.2) is 37.7 Å². The first-order valence-electron chi connectivity index (χ1n) is 9.53. The highest BCUT2D eigenvalue weighted by Crippen LogP contribution is 2.34. The molecule has 0 saturated heterocycles. The Bertz CT molecular complexity index is 694. The Morgan fingerprint density at radius 3 is 2.88 bits per heavy atom. The molecule has 0 bridgehead atoms. The molecule has 25 heavy (non-hydrogen) atoms. The fourth-order valence-corrected chi connectivity index (χ4v) is 3.89. The van der Waals surface area contributed by atoms with Gasteiger partial charge in [-0.3, -0.25) is 9.48 Å². The van der Waals surface area contributed by atoms with Gasteiger partial charge in [0.25, 0.3) is 5.91 Å². The average molecular weight is 342 g/mol. The number of hydrogen-bond acceptors (Lipinski definition) is 4. The molecule has 3 aliphatic carbocycles. The summed E-state index contributed by atoms with van der Waals surface area (Å²) in [4.78, 5) is 12.0. The van der Waals surface area contributed by atoms with Gasteiger partial charge < -0.3 is 10.4 Å². The molecule has 1 heterocycles. The van der Waals surface area contributed by atoms with E-state index in [1.54, 1.807) is 0 Å². The molecule has 2 N–H and O–H groups in total. The fraction of sp³-hybridized carbons (Fsp3) is 0.737. The normalized spacial score (nSPS) is 27.2. The minimum Gasteiger partial charge on any atom is -0.389 e. The number of nitrogens with one attached hydrogen (secondary N) is 1. The largest absolute Gasteiger partial charge is 0.389 e. The third-order valence-electron chi connectivity index (χ3n) is 5.74. The van der Waals surface area contributed by atoms with Crippen LogP contribution in [0.25, 0.3) is 0 Å². The van der Waals surface area contributed by atoms with E-state index in [0.717, 1.165) is 63.6 Å². The van der Waals surface area contributed by atoms with Gasteiger partial charge in [0.2, 0.25) is 0 Å². The summed E-state index contributed by atoms with van der Waals surface area (Å²) >= 11 is 0. The summed E-state index contributed by atoms with van der Waals surface area (Å²) < 4.78 is 1.86. The smallest absolute Gasteiger partial charge is 0.296 e. The van der Waals surface area contributed by atoms with Crippen LogP contribution in [0.5, 0.6) is 0 Å². The van der Waals surface area contributed by atoms with Crippen molar-refractivity contribution in [2.24, 2.45) is 11.8 Å². The van der Waals surface area contributed by atoms with E-state index in [9.17, 15) is 9.90 Å². The Hall–Kier alpha value is -1.87. The second kappa shape index (κ2) is 6.80. The van der Waals surface area contributed by atoms with Crippen molar-refractivity contribution in [2.45, 2.75) is 76.0 Å². The maximum absolute atomic E-state index is 12.0. The number of nitrogens with zero attached hydrogens (tertiary/aromatic N) is 3. The molecular weight excluding hydrogens is 316 g/mol. The Labute approximate surface area is 148 Å². The van der Waals surface area contributed by atoms with Crippen LogP contribution in [0.1, 0.15) is 57.1 Å². The molecule has 1 amide bonds. The third kappa shape index (κ3) is 4.21. The highest BCUT2D eigenvalue weighted by molar-refractivity contribution is 5.93. The molecule has 0 unspecified atom stereocenters. The van der Waals surface area contributed by atoms with E-state index in [-0.39, 0.29) is 11.9 Å². The van der Waals surface area contributed by atoms with Crippen LogP contribution in [0.2, 0.25) is 0 Å². The average Bonchev–Trinajstić information content (AvgIpc) is 3.14. The van der Waals surface area contributed by atoms with Crippen molar-refractivity contribution < 1.29 is 9.90 Å². The minimum absolute atomic E-state index is 0.143. The van der Waals surface area contributed by atoms with Gasteiger partial charge in [0.1, 0.15) is 0 Å². The van der Waals surface area contributed by atoms with E-state index in [2.05, 4.69) is 27.5 Å². The lowest BCUT2D eigenvalue weighted by Gasteiger charge is -2.35. The summed E-state index contributed by atoms with van der Waals surface area (Å²) in [5.41, 5.74) is 0.293. The van der Waals surface area contributed by atoms with Crippen LogP contribution in [0.4, 0.5) is 0 Å². The lowest BCUT2D eigenvalue weighted by Crippen LogP contribution is -2.39. The number of aliphatic hydroxyl groups is 1. The SMILES string of the molecule is O=C(C#CC1CC1)N[C@H]1CCC[C@H]1Cn1cc(CC2(O)CCC2)nn1. The summed E-state index contributed by atoms with van der Waals surface area (Å²) in [7, 11) is 0. The van der Waals surface area contributed by atoms with Crippen molar-refractivity contribution in [3.05, 3.63) is 11.9 Å². The third-order valence-corrected chi connectivity index (χ3v) is 5.74. The van der Waals surface area contributed by atoms with Gasteiger partial charge in [0.05, 0.1) is 11.3 Å². The number of amides is 1. The van der Waals surface area contributed by atoms with Crippen molar-refractivity contribution in [1.29, 1.82) is 0 Å². The Morgan fingerprint density at radius 1 is 1.32 bits per heavy atom. The minimum atomic E-state index is -0.565. The topological polar surface area (TPSA) is 80.0 Å². The van der Waals surface area contributed by atoms with Crippen LogP contribution in [0.3, 0.4) is 0 Å². The molecule has 2 atom stereocenters. The van der Waals surface area contributed by atoms with Gasteiger partial charge in [0.15, 0.2) is 0 Å². The van der Waals surface area contributed by atoms with Gasteiger partial charge in [-0.25, -0.2) is 0 Å². The van der Waals surface area contributed by atoms with Crippen molar-refractivity contribution in [3.8, 4) is 11.8 Å². The predicted molar refractivity (Wildman–Crippen MR) is 92.3 cm³/mol.